The number of hydrogen-bond acceptors (Lipinski definition) is 4. The molecule has 0 aliphatic heterocycles. The molecule has 1 N–H and O–H groups in total. The summed E-state index contributed by atoms with van der Waals surface area (Å²) in [6.07, 6.45) is 0.986. The summed E-state index contributed by atoms with van der Waals surface area (Å²) >= 11 is 0. The number of ether oxygens (including phenoxy) is 1. The van der Waals surface area contributed by atoms with Crippen LogP contribution < -0.4 is 10.1 Å². The zero-order valence-corrected chi connectivity index (χ0v) is 12.3. The number of amides is 1. The summed E-state index contributed by atoms with van der Waals surface area (Å²) in [5, 5.41) is 13.3. The van der Waals surface area contributed by atoms with Crippen LogP contribution in [-0.2, 0) is 4.79 Å². The molecule has 0 aliphatic rings. The zero-order valence-electron chi connectivity index (χ0n) is 12.3. The van der Waals surface area contributed by atoms with Gasteiger partial charge in [0, 0.05) is 18.2 Å². The Morgan fingerprint density at radius 2 is 2.14 bits per heavy atom. The van der Waals surface area contributed by atoms with Gasteiger partial charge in [0.05, 0.1) is 4.92 Å². The minimum Gasteiger partial charge on any atom is -0.481 e. The number of nitrogens with one attached hydrogen (secondary N) is 1. The number of nitro groups is 1. The van der Waals surface area contributed by atoms with E-state index in [1.165, 1.54) is 13.0 Å². The Balaban J connectivity index is 2.66. The van der Waals surface area contributed by atoms with E-state index in [9.17, 15) is 19.3 Å². The maximum Gasteiger partial charge on any atom is 0.305 e. The molecular formula is C14H19FN2O4. The molecule has 0 heterocycles. The van der Waals surface area contributed by atoms with E-state index in [1.54, 1.807) is 0 Å². The van der Waals surface area contributed by atoms with Gasteiger partial charge in [-0.05, 0) is 26.3 Å². The van der Waals surface area contributed by atoms with Crippen molar-refractivity contribution in [1.82, 2.24) is 5.32 Å². The largest absolute Gasteiger partial charge is 0.481 e. The highest BCUT2D eigenvalue weighted by Gasteiger charge is 2.19. The van der Waals surface area contributed by atoms with Gasteiger partial charge in [-0.25, -0.2) is 0 Å². The summed E-state index contributed by atoms with van der Waals surface area (Å²) in [6.45, 7) is 5.44. The highest BCUT2D eigenvalue weighted by molar-refractivity contribution is 5.80. The normalized spacial score (nSPS) is 13.3. The molecule has 1 amide bonds. The first-order valence-electron chi connectivity index (χ1n) is 6.76. The topological polar surface area (TPSA) is 81.5 Å². The second-order valence-corrected chi connectivity index (χ2v) is 4.83. The van der Waals surface area contributed by atoms with Crippen LogP contribution in [0.3, 0.4) is 0 Å². The second kappa shape index (κ2) is 7.56. The predicted molar refractivity (Wildman–Crippen MR) is 75.7 cm³/mol. The smallest absolute Gasteiger partial charge is 0.305 e. The molecule has 0 aromatic heterocycles. The van der Waals surface area contributed by atoms with Gasteiger partial charge in [0.2, 0.25) is 5.82 Å². The SMILES string of the molecule is CCCC(C)NC(=O)C(C)Oc1ccc([N+](=O)[O-])c(F)c1. The van der Waals surface area contributed by atoms with E-state index in [-0.39, 0.29) is 17.7 Å². The fourth-order valence-corrected chi connectivity index (χ4v) is 1.83. The van der Waals surface area contributed by atoms with E-state index < -0.39 is 22.5 Å². The molecule has 0 saturated carbocycles. The Morgan fingerprint density at radius 3 is 2.67 bits per heavy atom. The monoisotopic (exact) mass is 298 g/mol. The van der Waals surface area contributed by atoms with Crippen LogP contribution in [0.15, 0.2) is 18.2 Å². The van der Waals surface area contributed by atoms with Crippen molar-refractivity contribution in [2.24, 2.45) is 0 Å². The summed E-state index contributed by atoms with van der Waals surface area (Å²) in [6, 6.07) is 3.20. The van der Waals surface area contributed by atoms with Crippen LogP contribution in [0.1, 0.15) is 33.6 Å². The molecule has 0 radical (unpaired) electrons. The van der Waals surface area contributed by atoms with Crippen molar-refractivity contribution < 1.29 is 18.8 Å². The first-order chi connectivity index (χ1) is 9.85. The molecular weight excluding hydrogens is 279 g/mol. The average molecular weight is 298 g/mol. The summed E-state index contributed by atoms with van der Waals surface area (Å²) in [7, 11) is 0. The third-order valence-electron chi connectivity index (χ3n) is 2.91. The molecule has 6 nitrogen and oxygen atoms in total. The van der Waals surface area contributed by atoms with Crippen molar-refractivity contribution in [2.75, 3.05) is 0 Å². The highest BCUT2D eigenvalue weighted by atomic mass is 19.1. The van der Waals surface area contributed by atoms with E-state index in [0.717, 1.165) is 25.0 Å². The third-order valence-corrected chi connectivity index (χ3v) is 2.91. The van der Waals surface area contributed by atoms with Crippen molar-refractivity contribution in [2.45, 2.75) is 45.8 Å². The molecule has 1 aromatic carbocycles. The average Bonchev–Trinajstić information content (AvgIpc) is 2.38. The summed E-state index contributed by atoms with van der Waals surface area (Å²) < 4.78 is 18.7. The molecule has 2 atom stereocenters. The lowest BCUT2D eigenvalue weighted by molar-refractivity contribution is -0.387. The number of carbonyl (C=O) groups is 1. The van der Waals surface area contributed by atoms with Gasteiger partial charge < -0.3 is 10.1 Å². The van der Waals surface area contributed by atoms with Crippen molar-refractivity contribution in [3.8, 4) is 5.75 Å². The standard InChI is InChI=1S/C14H19FN2O4/c1-4-5-9(2)16-14(18)10(3)21-11-6-7-13(17(19)20)12(15)8-11/h6-10H,4-5H2,1-3H3,(H,16,18). The number of hydrogen-bond donors (Lipinski definition) is 1. The molecule has 0 aliphatic carbocycles. The van der Waals surface area contributed by atoms with Gasteiger partial charge in [-0.3, -0.25) is 14.9 Å². The van der Waals surface area contributed by atoms with E-state index in [1.807, 2.05) is 13.8 Å². The van der Waals surface area contributed by atoms with Gasteiger partial charge >= 0.3 is 5.69 Å². The fourth-order valence-electron chi connectivity index (χ4n) is 1.83. The van der Waals surface area contributed by atoms with Gasteiger partial charge in [-0.2, -0.15) is 4.39 Å². The van der Waals surface area contributed by atoms with Gasteiger partial charge in [-0.1, -0.05) is 13.3 Å². The van der Waals surface area contributed by atoms with Gasteiger partial charge in [-0.15, -0.1) is 0 Å². The summed E-state index contributed by atoms with van der Waals surface area (Å²) in [5.74, 6) is -1.23. The van der Waals surface area contributed by atoms with E-state index in [2.05, 4.69) is 5.32 Å². The van der Waals surface area contributed by atoms with Crippen LogP contribution in [0, 0.1) is 15.9 Å². The van der Waals surface area contributed by atoms with E-state index in [0.29, 0.717) is 0 Å². The summed E-state index contributed by atoms with van der Waals surface area (Å²) in [5.41, 5.74) is -0.629. The number of benzene rings is 1. The Kier molecular flexibility index (Phi) is 6.08. The zero-order chi connectivity index (χ0) is 16.0. The third kappa shape index (κ3) is 5.02. The quantitative estimate of drug-likeness (QED) is 0.620. The van der Waals surface area contributed by atoms with E-state index >= 15 is 0 Å². The molecule has 116 valence electrons. The fraction of sp³-hybridized carbons (Fsp3) is 0.500. The van der Waals surface area contributed by atoms with Crippen LogP contribution in [-0.4, -0.2) is 23.0 Å². The number of carbonyl (C=O) groups excluding carboxylic acids is 1. The summed E-state index contributed by atoms with van der Waals surface area (Å²) in [4.78, 5) is 21.5. The minimum absolute atomic E-state index is 0.0298. The number of rotatable bonds is 7. The molecule has 0 bridgehead atoms. The molecule has 0 fully saturated rings. The Hall–Kier alpha value is -2.18. The maximum atomic E-state index is 13.4. The Labute approximate surface area is 122 Å². The molecule has 0 spiro atoms. The molecule has 21 heavy (non-hydrogen) atoms. The van der Waals surface area contributed by atoms with Crippen LogP contribution in [0.25, 0.3) is 0 Å². The lowest BCUT2D eigenvalue weighted by Gasteiger charge is -2.18. The molecule has 0 saturated heterocycles. The van der Waals surface area contributed by atoms with Gasteiger partial charge in [0.15, 0.2) is 6.10 Å². The van der Waals surface area contributed by atoms with Crippen molar-refractivity contribution >= 4 is 11.6 Å². The first-order valence-corrected chi connectivity index (χ1v) is 6.76. The number of nitro benzene ring substituents is 1. The van der Waals surface area contributed by atoms with Crippen molar-refractivity contribution in [3.05, 3.63) is 34.1 Å². The highest BCUT2D eigenvalue weighted by Crippen LogP contribution is 2.23. The molecule has 1 aromatic rings. The van der Waals surface area contributed by atoms with Gasteiger partial charge in [0.25, 0.3) is 5.91 Å². The molecule has 1 rings (SSSR count). The molecule has 7 heteroatoms. The van der Waals surface area contributed by atoms with Crippen LogP contribution in [0.5, 0.6) is 5.75 Å². The predicted octanol–water partition coefficient (Wildman–Crippen LogP) is 2.81. The lowest BCUT2D eigenvalue weighted by Crippen LogP contribution is -2.41. The van der Waals surface area contributed by atoms with Gasteiger partial charge in [0.1, 0.15) is 5.75 Å². The van der Waals surface area contributed by atoms with Crippen LogP contribution in [0.4, 0.5) is 10.1 Å². The lowest BCUT2D eigenvalue weighted by atomic mass is 10.2. The second-order valence-electron chi connectivity index (χ2n) is 4.83. The minimum atomic E-state index is -0.996. The molecule has 2 unspecified atom stereocenters. The first kappa shape index (κ1) is 16.9. The maximum absolute atomic E-state index is 13.4. The van der Waals surface area contributed by atoms with E-state index in [4.69, 9.17) is 4.74 Å². The van der Waals surface area contributed by atoms with Crippen LogP contribution in [0.2, 0.25) is 0 Å². The Bertz CT molecular complexity index is 522. The van der Waals surface area contributed by atoms with Crippen LogP contribution >= 0.6 is 0 Å². The number of nitrogens with zero attached hydrogens (tertiary/aromatic N) is 1. The van der Waals surface area contributed by atoms with Crippen molar-refractivity contribution in [3.63, 3.8) is 0 Å². The number of halogens is 1. The Morgan fingerprint density at radius 1 is 1.48 bits per heavy atom. The van der Waals surface area contributed by atoms with Crippen molar-refractivity contribution in [1.29, 1.82) is 0 Å².